The maximum Gasteiger partial charge on any atom is 0.191 e. The van der Waals surface area contributed by atoms with E-state index < -0.39 is 0 Å². The monoisotopic (exact) mass is 515 g/mol. The molecule has 0 amide bonds. The summed E-state index contributed by atoms with van der Waals surface area (Å²) in [5, 5.41) is 12.2. The molecule has 0 unspecified atom stereocenters. The highest BCUT2D eigenvalue weighted by molar-refractivity contribution is 14.0. The number of hydrogen-bond acceptors (Lipinski definition) is 3. The highest BCUT2D eigenvalue weighted by atomic mass is 127. The summed E-state index contributed by atoms with van der Waals surface area (Å²) in [4.78, 5) is 8.28. The van der Waals surface area contributed by atoms with E-state index in [-0.39, 0.29) is 24.0 Å². The van der Waals surface area contributed by atoms with E-state index in [1.807, 2.05) is 12.1 Å². The number of halogens is 1. The van der Waals surface area contributed by atoms with Gasteiger partial charge in [-0.2, -0.15) is 5.10 Å². The Morgan fingerprint density at radius 3 is 2.63 bits per heavy atom. The van der Waals surface area contributed by atoms with E-state index in [9.17, 15) is 0 Å². The second-order valence-corrected chi connectivity index (χ2v) is 6.78. The fourth-order valence-corrected chi connectivity index (χ4v) is 3.31. The largest absolute Gasteiger partial charge is 0.356 e. The number of aryl methyl sites for hydroxylation is 1. The molecule has 0 aliphatic rings. The van der Waals surface area contributed by atoms with Gasteiger partial charge in [0.05, 0.1) is 5.69 Å². The van der Waals surface area contributed by atoms with Gasteiger partial charge in [0, 0.05) is 38.4 Å². The fourth-order valence-electron chi connectivity index (χ4n) is 3.31. The molecular formula is C22H26IN7. The molecule has 0 atom stereocenters. The predicted molar refractivity (Wildman–Crippen MR) is 132 cm³/mol. The first kappa shape index (κ1) is 21.8. The molecule has 0 aliphatic carbocycles. The molecule has 0 saturated heterocycles. The molecule has 4 rings (SSSR count). The topological polar surface area (TPSA) is 72.1 Å². The number of nitrogens with one attached hydrogen (secondary N) is 2. The first-order valence-corrected chi connectivity index (χ1v) is 9.76. The molecule has 2 heterocycles. The SMILES string of the molecule is CN=C(NCCCn1ccc2ccccc21)NCc1ccc(-n2cncn2)cc1.I. The number of fused-ring (bicyclic) bond motifs is 1. The van der Waals surface area contributed by atoms with Gasteiger partial charge < -0.3 is 15.2 Å². The molecule has 0 radical (unpaired) electrons. The summed E-state index contributed by atoms with van der Waals surface area (Å²) < 4.78 is 4.04. The van der Waals surface area contributed by atoms with Crippen LogP contribution in [-0.2, 0) is 13.1 Å². The van der Waals surface area contributed by atoms with Crippen LogP contribution in [0.15, 0.2) is 78.4 Å². The Bertz CT molecular complexity index is 1070. The van der Waals surface area contributed by atoms with E-state index in [0.717, 1.165) is 31.2 Å². The van der Waals surface area contributed by atoms with Crippen LogP contribution >= 0.6 is 24.0 Å². The number of benzene rings is 2. The zero-order valence-corrected chi connectivity index (χ0v) is 19.2. The lowest BCUT2D eigenvalue weighted by Crippen LogP contribution is -2.37. The van der Waals surface area contributed by atoms with Crippen molar-refractivity contribution in [3.8, 4) is 5.69 Å². The maximum absolute atomic E-state index is 4.31. The van der Waals surface area contributed by atoms with Crippen molar-refractivity contribution in [2.24, 2.45) is 4.99 Å². The van der Waals surface area contributed by atoms with Gasteiger partial charge in [-0.3, -0.25) is 4.99 Å². The van der Waals surface area contributed by atoms with E-state index in [1.165, 1.54) is 22.8 Å². The van der Waals surface area contributed by atoms with Gasteiger partial charge in [0.25, 0.3) is 0 Å². The van der Waals surface area contributed by atoms with Crippen molar-refractivity contribution < 1.29 is 0 Å². The average Bonchev–Trinajstić information content (AvgIpc) is 3.44. The van der Waals surface area contributed by atoms with Crippen molar-refractivity contribution >= 4 is 40.8 Å². The molecular weight excluding hydrogens is 489 g/mol. The average molecular weight is 515 g/mol. The Morgan fingerprint density at radius 2 is 1.87 bits per heavy atom. The van der Waals surface area contributed by atoms with Gasteiger partial charge in [0.2, 0.25) is 0 Å². The van der Waals surface area contributed by atoms with Crippen LogP contribution in [-0.4, -0.2) is 38.9 Å². The van der Waals surface area contributed by atoms with Crippen LogP contribution < -0.4 is 10.6 Å². The zero-order chi connectivity index (χ0) is 19.9. The van der Waals surface area contributed by atoms with Crippen LogP contribution in [0.2, 0.25) is 0 Å². The lowest BCUT2D eigenvalue weighted by Gasteiger charge is -2.13. The van der Waals surface area contributed by atoms with Crippen LogP contribution in [0.3, 0.4) is 0 Å². The molecule has 4 aromatic rings. The standard InChI is InChI=1S/C22H25N7.HI/c1-23-22(25-12-4-13-28-14-11-19-5-2-3-6-21(19)28)26-15-18-7-9-20(10-8-18)29-17-24-16-27-29;/h2-3,5-11,14,16-17H,4,12-13,15H2,1H3,(H2,23,25,26);1H. The number of para-hydroxylation sites is 1. The lowest BCUT2D eigenvalue weighted by molar-refractivity contribution is 0.640. The Kier molecular flexibility index (Phi) is 7.83. The number of hydrogen-bond donors (Lipinski definition) is 2. The summed E-state index contributed by atoms with van der Waals surface area (Å²) in [5.74, 6) is 0.808. The molecule has 2 N–H and O–H groups in total. The number of rotatable bonds is 7. The van der Waals surface area contributed by atoms with Crippen molar-refractivity contribution in [2.45, 2.75) is 19.5 Å². The molecule has 0 aliphatic heterocycles. The molecule has 30 heavy (non-hydrogen) atoms. The van der Waals surface area contributed by atoms with Crippen LogP contribution in [0.1, 0.15) is 12.0 Å². The minimum absolute atomic E-state index is 0. The molecule has 2 aromatic carbocycles. The minimum atomic E-state index is 0. The molecule has 0 saturated carbocycles. The highest BCUT2D eigenvalue weighted by Gasteiger charge is 2.02. The minimum Gasteiger partial charge on any atom is -0.356 e. The predicted octanol–water partition coefficient (Wildman–Crippen LogP) is 3.60. The molecule has 8 heteroatoms. The number of aromatic nitrogens is 4. The highest BCUT2D eigenvalue weighted by Crippen LogP contribution is 2.15. The Labute approximate surface area is 193 Å². The molecule has 0 fully saturated rings. The van der Waals surface area contributed by atoms with Crippen molar-refractivity contribution in [1.82, 2.24) is 30.0 Å². The number of nitrogens with zero attached hydrogens (tertiary/aromatic N) is 5. The second kappa shape index (κ2) is 10.8. The van der Waals surface area contributed by atoms with Gasteiger partial charge in [-0.25, -0.2) is 9.67 Å². The third-order valence-corrected chi connectivity index (χ3v) is 4.85. The Balaban J connectivity index is 0.00000256. The first-order chi connectivity index (χ1) is 14.3. The van der Waals surface area contributed by atoms with Gasteiger partial charge in [0.1, 0.15) is 12.7 Å². The first-order valence-electron chi connectivity index (χ1n) is 9.76. The molecule has 0 spiro atoms. The van der Waals surface area contributed by atoms with Gasteiger partial charge in [-0.15, -0.1) is 24.0 Å². The number of guanidine groups is 1. The molecule has 7 nitrogen and oxygen atoms in total. The normalized spacial score (nSPS) is 11.3. The summed E-state index contributed by atoms with van der Waals surface area (Å²) in [6, 6.07) is 18.9. The van der Waals surface area contributed by atoms with Crippen LogP contribution in [0.4, 0.5) is 0 Å². The van der Waals surface area contributed by atoms with Crippen molar-refractivity contribution in [2.75, 3.05) is 13.6 Å². The Morgan fingerprint density at radius 1 is 1.03 bits per heavy atom. The number of aliphatic imine (C=N–C) groups is 1. The smallest absolute Gasteiger partial charge is 0.191 e. The van der Waals surface area contributed by atoms with Gasteiger partial charge in [-0.05, 0) is 41.6 Å². The second-order valence-electron chi connectivity index (χ2n) is 6.78. The molecule has 2 aromatic heterocycles. The van der Waals surface area contributed by atoms with Gasteiger partial charge >= 0.3 is 0 Å². The van der Waals surface area contributed by atoms with E-state index in [0.29, 0.717) is 6.54 Å². The van der Waals surface area contributed by atoms with Crippen molar-refractivity contribution in [3.05, 3.63) is 79.0 Å². The van der Waals surface area contributed by atoms with E-state index in [1.54, 1.807) is 18.1 Å². The van der Waals surface area contributed by atoms with E-state index in [2.05, 4.69) is 78.9 Å². The van der Waals surface area contributed by atoms with Gasteiger partial charge in [-0.1, -0.05) is 30.3 Å². The molecule has 0 bridgehead atoms. The third kappa shape index (κ3) is 5.38. The summed E-state index contributed by atoms with van der Waals surface area (Å²) in [7, 11) is 1.79. The van der Waals surface area contributed by atoms with Crippen LogP contribution in [0, 0.1) is 0 Å². The zero-order valence-electron chi connectivity index (χ0n) is 16.9. The Hall–Kier alpha value is -2.88. The van der Waals surface area contributed by atoms with Crippen LogP contribution in [0.25, 0.3) is 16.6 Å². The summed E-state index contributed by atoms with van der Waals surface area (Å²) in [6.07, 6.45) is 6.39. The summed E-state index contributed by atoms with van der Waals surface area (Å²) in [6.45, 7) is 2.54. The van der Waals surface area contributed by atoms with Gasteiger partial charge in [0.15, 0.2) is 5.96 Å². The van der Waals surface area contributed by atoms with E-state index in [4.69, 9.17) is 0 Å². The third-order valence-electron chi connectivity index (χ3n) is 4.85. The fraction of sp³-hybridized carbons (Fsp3) is 0.227. The van der Waals surface area contributed by atoms with E-state index >= 15 is 0 Å². The van der Waals surface area contributed by atoms with Crippen molar-refractivity contribution in [3.63, 3.8) is 0 Å². The summed E-state index contributed by atoms with van der Waals surface area (Å²) in [5.41, 5.74) is 3.45. The summed E-state index contributed by atoms with van der Waals surface area (Å²) >= 11 is 0. The van der Waals surface area contributed by atoms with Crippen molar-refractivity contribution in [1.29, 1.82) is 0 Å². The maximum atomic E-state index is 4.31. The lowest BCUT2D eigenvalue weighted by atomic mass is 10.2. The quantitative estimate of drug-likeness (QED) is 0.171. The molecule has 156 valence electrons. The van der Waals surface area contributed by atoms with Crippen LogP contribution in [0.5, 0.6) is 0 Å².